The number of imide groups is 1. The number of hydrogen-bond donors (Lipinski definition) is 1. The number of nitrogens with one attached hydrogen (secondary N) is 1. The van der Waals surface area contributed by atoms with Gasteiger partial charge in [-0.05, 0) is 49.4 Å². The van der Waals surface area contributed by atoms with Crippen LogP contribution < -0.4 is 15.1 Å². The van der Waals surface area contributed by atoms with E-state index in [0.29, 0.717) is 23.7 Å². The molecular weight excluding hydrogens is 402 g/mol. The number of rotatable bonds is 3. The second-order valence-corrected chi connectivity index (χ2v) is 8.63. The first-order valence-electron chi connectivity index (χ1n) is 10.3. The van der Waals surface area contributed by atoms with Gasteiger partial charge < -0.3 is 4.90 Å². The van der Waals surface area contributed by atoms with E-state index in [0.717, 1.165) is 36.1 Å². The SMILES string of the molecule is O=C1CCN(c2cccc(-c3ccc(N4C(=O)CCC45CCC5)cc3)c2Cl)C(=O)N1. The van der Waals surface area contributed by atoms with Crippen molar-refractivity contribution in [1.29, 1.82) is 0 Å². The minimum atomic E-state index is -0.459. The van der Waals surface area contributed by atoms with Crippen molar-refractivity contribution in [3.63, 3.8) is 0 Å². The van der Waals surface area contributed by atoms with E-state index in [1.54, 1.807) is 6.07 Å². The highest BCUT2D eigenvalue weighted by Crippen LogP contribution is 2.48. The van der Waals surface area contributed by atoms with Crippen LogP contribution in [0.3, 0.4) is 0 Å². The Hall–Kier alpha value is -2.86. The smallest absolute Gasteiger partial charge is 0.306 e. The average molecular weight is 424 g/mol. The zero-order valence-corrected chi connectivity index (χ0v) is 17.2. The lowest BCUT2D eigenvalue weighted by atomic mass is 9.74. The molecule has 6 nitrogen and oxygen atoms in total. The molecule has 3 fully saturated rings. The first-order valence-corrected chi connectivity index (χ1v) is 10.7. The van der Waals surface area contributed by atoms with Crippen LogP contribution >= 0.6 is 11.6 Å². The Balaban J connectivity index is 1.45. The quantitative estimate of drug-likeness (QED) is 0.790. The second kappa shape index (κ2) is 7.13. The van der Waals surface area contributed by atoms with E-state index in [9.17, 15) is 14.4 Å². The highest BCUT2D eigenvalue weighted by atomic mass is 35.5. The molecule has 1 spiro atoms. The van der Waals surface area contributed by atoms with Gasteiger partial charge >= 0.3 is 6.03 Å². The van der Waals surface area contributed by atoms with E-state index >= 15 is 0 Å². The number of nitrogens with zero attached hydrogens (tertiary/aromatic N) is 2. The van der Waals surface area contributed by atoms with Crippen molar-refractivity contribution in [3.05, 3.63) is 47.5 Å². The molecule has 2 aromatic carbocycles. The Labute approximate surface area is 179 Å². The molecule has 7 heteroatoms. The molecule has 1 N–H and O–H groups in total. The normalized spacial score (nSPS) is 20.5. The number of hydrogen-bond acceptors (Lipinski definition) is 3. The summed E-state index contributed by atoms with van der Waals surface area (Å²) >= 11 is 6.67. The molecule has 2 aliphatic heterocycles. The van der Waals surface area contributed by atoms with Crippen LogP contribution in [-0.2, 0) is 9.59 Å². The first kappa shape index (κ1) is 19.1. The molecule has 2 saturated heterocycles. The number of anilines is 2. The van der Waals surface area contributed by atoms with E-state index in [1.807, 2.05) is 41.3 Å². The molecule has 0 bridgehead atoms. The second-order valence-electron chi connectivity index (χ2n) is 8.25. The zero-order valence-electron chi connectivity index (χ0n) is 16.5. The summed E-state index contributed by atoms with van der Waals surface area (Å²) in [5.74, 6) is -0.0760. The van der Waals surface area contributed by atoms with Crippen molar-refractivity contribution in [2.24, 2.45) is 0 Å². The van der Waals surface area contributed by atoms with Gasteiger partial charge in [0, 0.05) is 36.2 Å². The molecule has 3 aliphatic rings. The lowest BCUT2D eigenvalue weighted by Gasteiger charge is -2.45. The molecule has 0 radical (unpaired) electrons. The largest absolute Gasteiger partial charge is 0.328 e. The topological polar surface area (TPSA) is 69.7 Å². The standard InChI is InChI=1S/C23H22ClN3O3/c24-21-17(3-1-4-18(21)26-14-10-19(28)25-22(26)30)15-5-7-16(8-6-15)27-20(29)9-13-23(27)11-2-12-23/h1,3-8H,2,9-14H2,(H,25,28,30). The number of urea groups is 1. The maximum atomic E-state index is 12.5. The Morgan fingerprint density at radius 2 is 1.70 bits per heavy atom. The molecule has 0 unspecified atom stereocenters. The minimum Gasteiger partial charge on any atom is -0.306 e. The Morgan fingerprint density at radius 1 is 0.933 bits per heavy atom. The van der Waals surface area contributed by atoms with Crippen molar-refractivity contribution >= 4 is 40.8 Å². The molecule has 1 aliphatic carbocycles. The fraction of sp³-hybridized carbons (Fsp3) is 0.348. The van der Waals surface area contributed by atoms with E-state index in [4.69, 9.17) is 11.6 Å². The molecule has 0 aromatic heterocycles. The van der Waals surface area contributed by atoms with Gasteiger partial charge in [0.2, 0.25) is 11.8 Å². The number of benzene rings is 2. The summed E-state index contributed by atoms with van der Waals surface area (Å²) in [6.45, 7) is 0.298. The van der Waals surface area contributed by atoms with Gasteiger partial charge in [0.25, 0.3) is 0 Å². The van der Waals surface area contributed by atoms with Gasteiger partial charge in [-0.2, -0.15) is 0 Å². The van der Waals surface area contributed by atoms with Gasteiger partial charge in [0.05, 0.1) is 10.7 Å². The molecule has 2 aromatic rings. The summed E-state index contributed by atoms with van der Waals surface area (Å²) < 4.78 is 0. The van der Waals surface area contributed by atoms with Crippen molar-refractivity contribution in [1.82, 2.24) is 5.32 Å². The summed E-state index contributed by atoms with van der Waals surface area (Å²) in [5.41, 5.74) is 3.24. The molecule has 5 rings (SSSR count). The van der Waals surface area contributed by atoms with E-state index < -0.39 is 6.03 Å². The van der Waals surface area contributed by atoms with E-state index in [2.05, 4.69) is 5.32 Å². The van der Waals surface area contributed by atoms with Gasteiger partial charge in [-0.3, -0.25) is 19.8 Å². The fourth-order valence-corrected chi connectivity index (χ4v) is 5.18. The van der Waals surface area contributed by atoms with Crippen molar-refractivity contribution in [2.45, 2.75) is 44.1 Å². The summed E-state index contributed by atoms with van der Waals surface area (Å²) in [7, 11) is 0. The molecule has 30 heavy (non-hydrogen) atoms. The maximum Gasteiger partial charge on any atom is 0.328 e. The Kier molecular flexibility index (Phi) is 4.54. The zero-order chi connectivity index (χ0) is 20.9. The molecule has 1 saturated carbocycles. The predicted molar refractivity (Wildman–Crippen MR) is 116 cm³/mol. The molecule has 2 heterocycles. The third-order valence-electron chi connectivity index (χ3n) is 6.57. The van der Waals surface area contributed by atoms with Crippen LogP contribution in [0.1, 0.15) is 38.5 Å². The van der Waals surface area contributed by atoms with Crippen molar-refractivity contribution in [2.75, 3.05) is 16.3 Å². The van der Waals surface area contributed by atoms with Gasteiger partial charge in [-0.25, -0.2) is 4.79 Å². The fourth-order valence-electron chi connectivity index (χ4n) is 4.84. The summed E-state index contributed by atoms with van der Waals surface area (Å²) in [6, 6.07) is 13.0. The molecule has 4 amide bonds. The summed E-state index contributed by atoms with van der Waals surface area (Å²) in [5, 5.41) is 2.79. The third kappa shape index (κ3) is 2.98. The van der Waals surface area contributed by atoms with Crippen LogP contribution in [0.15, 0.2) is 42.5 Å². The summed E-state index contributed by atoms with van der Waals surface area (Å²) in [6.07, 6.45) is 5.15. The Morgan fingerprint density at radius 3 is 2.37 bits per heavy atom. The van der Waals surface area contributed by atoms with Crippen molar-refractivity contribution < 1.29 is 14.4 Å². The van der Waals surface area contributed by atoms with Gasteiger partial charge in [-0.1, -0.05) is 35.9 Å². The molecule has 0 atom stereocenters. The van der Waals surface area contributed by atoms with Crippen LogP contribution in [0, 0.1) is 0 Å². The first-order chi connectivity index (χ1) is 14.5. The third-order valence-corrected chi connectivity index (χ3v) is 6.97. The minimum absolute atomic E-state index is 0.0230. The number of carbonyl (C=O) groups is 3. The van der Waals surface area contributed by atoms with Crippen LogP contribution in [0.2, 0.25) is 5.02 Å². The van der Waals surface area contributed by atoms with Gasteiger partial charge in [0.1, 0.15) is 0 Å². The number of amides is 4. The molecular formula is C23H22ClN3O3. The average Bonchev–Trinajstić information content (AvgIpc) is 3.07. The number of carbonyl (C=O) groups excluding carboxylic acids is 3. The lowest BCUT2D eigenvalue weighted by Crippen LogP contribution is -2.51. The lowest BCUT2D eigenvalue weighted by molar-refractivity contribution is -0.120. The van der Waals surface area contributed by atoms with E-state index in [1.165, 1.54) is 11.3 Å². The van der Waals surface area contributed by atoms with E-state index in [-0.39, 0.29) is 23.8 Å². The highest BCUT2D eigenvalue weighted by Gasteiger charge is 2.49. The molecule has 154 valence electrons. The maximum absolute atomic E-state index is 12.5. The van der Waals surface area contributed by atoms with Gasteiger partial charge in [0.15, 0.2) is 0 Å². The van der Waals surface area contributed by atoms with Crippen LogP contribution in [-0.4, -0.2) is 29.9 Å². The van der Waals surface area contributed by atoms with Crippen LogP contribution in [0.4, 0.5) is 16.2 Å². The van der Waals surface area contributed by atoms with Crippen LogP contribution in [0.5, 0.6) is 0 Å². The highest BCUT2D eigenvalue weighted by molar-refractivity contribution is 6.36. The number of halogens is 1. The predicted octanol–water partition coefficient (Wildman–Crippen LogP) is 4.50. The van der Waals surface area contributed by atoms with Crippen LogP contribution in [0.25, 0.3) is 11.1 Å². The Bertz CT molecular complexity index is 1050. The van der Waals surface area contributed by atoms with Gasteiger partial charge in [-0.15, -0.1) is 0 Å². The monoisotopic (exact) mass is 423 g/mol. The summed E-state index contributed by atoms with van der Waals surface area (Å²) in [4.78, 5) is 39.6. The van der Waals surface area contributed by atoms with Crippen molar-refractivity contribution in [3.8, 4) is 11.1 Å².